The van der Waals surface area contributed by atoms with Gasteiger partial charge in [0, 0.05) is 6.54 Å². The van der Waals surface area contributed by atoms with Crippen molar-refractivity contribution in [3.8, 4) is 0 Å². The van der Waals surface area contributed by atoms with Crippen LogP contribution in [0.15, 0.2) is 24.3 Å². The highest BCUT2D eigenvalue weighted by Crippen LogP contribution is 2.25. The minimum atomic E-state index is 0.649. The minimum absolute atomic E-state index is 0.649. The lowest BCUT2D eigenvalue weighted by Gasteiger charge is -2.14. The van der Waals surface area contributed by atoms with Gasteiger partial charge in [0.05, 0.1) is 0 Å². The fourth-order valence-electron chi connectivity index (χ4n) is 1.93. The molecule has 0 aliphatic rings. The molecule has 0 aliphatic carbocycles. The van der Waals surface area contributed by atoms with Gasteiger partial charge < -0.3 is 5.73 Å². The van der Waals surface area contributed by atoms with Crippen LogP contribution < -0.4 is 5.73 Å². The number of rotatable bonds is 5. The molecule has 0 heterocycles. The summed E-state index contributed by atoms with van der Waals surface area (Å²) in [5, 5.41) is 0. The van der Waals surface area contributed by atoms with Crippen LogP contribution in [0.1, 0.15) is 50.2 Å². The summed E-state index contributed by atoms with van der Waals surface area (Å²) in [5.41, 5.74) is 8.34. The smallest absolute Gasteiger partial charge is 0.0178 e. The van der Waals surface area contributed by atoms with Gasteiger partial charge in [-0.15, -0.1) is 0 Å². The molecule has 1 aromatic rings. The topological polar surface area (TPSA) is 26.0 Å². The minimum Gasteiger partial charge on any atom is -0.326 e. The Balaban J connectivity index is 2.80. The maximum absolute atomic E-state index is 5.63. The van der Waals surface area contributed by atoms with E-state index in [1.54, 1.807) is 0 Å². The molecule has 1 aromatic carbocycles. The zero-order valence-electron chi connectivity index (χ0n) is 9.29. The molecule has 0 saturated heterocycles. The first-order chi connectivity index (χ1) is 6.81. The largest absolute Gasteiger partial charge is 0.326 e. The van der Waals surface area contributed by atoms with Crippen LogP contribution in [0.25, 0.3) is 0 Å². The van der Waals surface area contributed by atoms with Crippen molar-refractivity contribution in [1.82, 2.24) is 0 Å². The van der Waals surface area contributed by atoms with Gasteiger partial charge in [0.1, 0.15) is 0 Å². The van der Waals surface area contributed by atoms with Crippen LogP contribution in [-0.2, 0) is 6.54 Å². The molecule has 0 saturated carbocycles. The lowest BCUT2D eigenvalue weighted by molar-refractivity contribution is 0.595. The zero-order valence-corrected chi connectivity index (χ0v) is 9.29. The molecule has 1 unspecified atom stereocenters. The lowest BCUT2D eigenvalue weighted by atomic mass is 9.91. The first kappa shape index (κ1) is 11.3. The summed E-state index contributed by atoms with van der Waals surface area (Å²) in [6.07, 6.45) is 3.76. The van der Waals surface area contributed by atoms with Crippen molar-refractivity contribution in [2.24, 2.45) is 5.73 Å². The summed E-state index contributed by atoms with van der Waals surface area (Å²) in [6.45, 7) is 5.15. The molecule has 0 bridgehead atoms. The van der Waals surface area contributed by atoms with E-state index in [0.29, 0.717) is 12.5 Å². The van der Waals surface area contributed by atoms with Gasteiger partial charge in [0.15, 0.2) is 0 Å². The molecule has 0 aliphatic heterocycles. The van der Waals surface area contributed by atoms with E-state index in [9.17, 15) is 0 Å². The second-order valence-electron chi connectivity index (χ2n) is 3.84. The van der Waals surface area contributed by atoms with E-state index in [1.807, 2.05) is 0 Å². The molecule has 1 nitrogen and oxygen atoms in total. The Labute approximate surface area is 87.3 Å². The number of benzene rings is 1. The van der Waals surface area contributed by atoms with Gasteiger partial charge in [-0.1, -0.05) is 44.5 Å². The van der Waals surface area contributed by atoms with Crippen LogP contribution in [-0.4, -0.2) is 0 Å². The predicted octanol–water partition coefficient (Wildman–Crippen LogP) is 3.44. The molecule has 2 N–H and O–H groups in total. The summed E-state index contributed by atoms with van der Waals surface area (Å²) >= 11 is 0. The summed E-state index contributed by atoms with van der Waals surface area (Å²) in [7, 11) is 0. The Hall–Kier alpha value is -0.820. The molecule has 78 valence electrons. The van der Waals surface area contributed by atoms with E-state index < -0.39 is 0 Å². The fourth-order valence-corrected chi connectivity index (χ4v) is 1.93. The van der Waals surface area contributed by atoms with Crippen molar-refractivity contribution in [2.45, 2.75) is 45.6 Å². The Bertz CT molecular complexity index is 268. The first-order valence-corrected chi connectivity index (χ1v) is 5.60. The molecule has 0 spiro atoms. The fraction of sp³-hybridized carbons (Fsp3) is 0.538. The van der Waals surface area contributed by atoms with Crippen molar-refractivity contribution in [1.29, 1.82) is 0 Å². The highest BCUT2D eigenvalue weighted by Gasteiger charge is 2.07. The highest BCUT2D eigenvalue weighted by atomic mass is 14.5. The van der Waals surface area contributed by atoms with E-state index in [0.717, 1.165) is 0 Å². The average molecular weight is 191 g/mol. The van der Waals surface area contributed by atoms with Gasteiger partial charge in [-0.2, -0.15) is 0 Å². The van der Waals surface area contributed by atoms with Gasteiger partial charge in [-0.25, -0.2) is 0 Å². The molecule has 14 heavy (non-hydrogen) atoms. The van der Waals surface area contributed by atoms with Gasteiger partial charge in [-0.05, 0) is 29.9 Å². The Kier molecular flexibility index (Phi) is 4.68. The first-order valence-electron chi connectivity index (χ1n) is 5.60. The van der Waals surface area contributed by atoms with Crippen LogP contribution in [0.2, 0.25) is 0 Å². The van der Waals surface area contributed by atoms with Crippen LogP contribution in [0, 0.1) is 0 Å². The van der Waals surface area contributed by atoms with Crippen LogP contribution in [0.4, 0.5) is 0 Å². The predicted molar refractivity (Wildman–Crippen MR) is 62.3 cm³/mol. The second kappa shape index (κ2) is 5.82. The highest BCUT2D eigenvalue weighted by molar-refractivity contribution is 5.26. The molecule has 1 heteroatoms. The molecular formula is C13H21N. The third-order valence-electron chi connectivity index (χ3n) is 2.79. The molecule has 0 radical (unpaired) electrons. The summed E-state index contributed by atoms with van der Waals surface area (Å²) in [6, 6.07) is 8.70. The third-order valence-corrected chi connectivity index (χ3v) is 2.79. The molecule has 0 amide bonds. The summed E-state index contributed by atoms with van der Waals surface area (Å²) in [4.78, 5) is 0. The standard InChI is InChI=1S/C13H21N/c1-3-6-12(4-2)13-8-5-7-11(9-13)10-14/h5,7-9,12H,3-4,6,10,14H2,1-2H3. The molecule has 0 aromatic heterocycles. The Morgan fingerprint density at radius 3 is 2.64 bits per heavy atom. The van der Waals surface area contributed by atoms with Crippen LogP contribution in [0.5, 0.6) is 0 Å². The van der Waals surface area contributed by atoms with Crippen molar-refractivity contribution < 1.29 is 0 Å². The monoisotopic (exact) mass is 191 g/mol. The van der Waals surface area contributed by atoms with Crippen molar-refractivity contribution in [2.75, 3.05) is 0 Å². The summed E-state index contributed by atoms with van der Waals surface area (Å²) in [5.74, 6) is 0.714. The van der Waals surface area contributed by atoms with E-state index in [4.69, 9.17) is 5.73 Å². The number of hydrogen-bond donors (Lipinski definition) is 1. The maximum atomic E-state index is 5.63. The van der Waals surface area contributed by atoms with Crippen molar-refractivity contribution >= 4 is 0 Å². The quantitative estimate of drug-likeness (QED) is 0.758. The SMILES string of the molecule is CCCC(CC)c1cccc(CN)c1. The van der Waals surface area contributed by atoms with E-state index in [1.165, 1.54) is 30.4 Å². The van der Waals surface area contributed by atoms with Gasteiger partial charge in [0.2, 0.25) is 0 Å². The average Bonchev–Trinajstić information content (AvgIpc) is 2.26. The molecule has 1 rings (SSSR count). The van der Waals surface area contributed by atoms with Gasteiger partial charge in [0.25, 0.3) is 0 Å². The molecular weight excluding hydrogens is 170 g/mol. The van der Waals surface area contributed by atoms with E-state index in [2.05, 4.69) is 38.1 Å². The van der Waals surface area contributed by atoms with Crippen LogP contribution >= 0.6 is 0 Å². The number of hydrogen-bond acceptors (Lipinski definition) is 1. The van der Waals surface area contributed by atoms with Crippen molar-refractivity contribution in [3.63, 3.8) is 0 Å². The Morgan fingerprint density at radius 2 is 2.07 bits per heavy atom. The number of nitrogens with two attached hydrogens (primary N) is 1. The Morgan fingerprint density at radius 1 is 1.29 bits per heavy atom. The van der Waals surface area contributed by atoms with Gasteiger partial charge in [-0.3, -0.25) is 0 Å². The zero-order chi connectivity index (χ0) is 10.4. The summed E-state index contributed by atoms with van der Waals surface area (Å²) < 4.78 is 0. The van der Waals surface area contributed by atoms with E-state index in [-0.39, 0.29) is 0 Å². The molecule has 0 fully saturated rings. The van der Waals surface area contributed by atoms with Crippen molar-refractivity contribution in [3.05, 3.63) is 35.4 Å². The normalized spacial score (nSPS) is 12.8. The molecule has 1 atom stereocenters. The second-order valence-corrected chi connectivity index (χ2v) is 3.84. The third kappa shape index (κ3) is 2.85. The van der Waals surface area contributed by atoms with Crippen LogP contribution in [0.3, 0.4) is 0 Å². The lowest BCUT2D eigenvalue weighted by Crippen LogP contribution is -2.00. The van der Waals surface area contributed by atoms with E-state index >= 15 is 0 Å². The van der Waals surface area contributed by atoms with Gasteiger partial charge >= 0.3 is 0 Å². The maximum Gasteiger partial charge on any atom is 0.0178 e.